The molecule has 4 aromatic rings. The molecule has 4 N–H and O–H groups in total. The van der Waals surface area contributed by atoms with Crippen LogP contribution in [0.1, 0.15) is 5.56 Å². The van der Waals surface area contributed by atoms with Crippen molar-refractivity contribution in [3.05, 3.63) is 60.2 Å². The van der Waals surface area contributed by atoms with Crippen LogP contribution in [-0.4, -0.2) is 21.2 Å². The van der Waals surface area contributed by atoms with E-state index in [1.807, 2.05) is 0 Å². The molecule has 0 unspecified atom stereocenters. The van der Waals surface area contributed by atoms with Crippen LogP contribution in [0.15, 0.2) is 53.3 Å². The fourth-order valence-corrected chi connectivity index (χ4v) is 3.02. The van der Waals surface area contributed by atoms with Crippen LogP contribution in [0.3, 0.4) is 0 Å². The number of nitrogen functional groups attached to an aromatic ring is 1. The van der Waals surface area contributed by atoms with Gasteiger partial charge in [0.25, 0.3) is 5.71 Å². The maximum Gasteiger partial charge on any atom is 0.416 e. The van der Waals surface area contributed by atoms with Gasteiger partial charge in [-0.3, -0.25) is 4.90 Å². The molecule has 0 radical (unpaired) electrons. The van der Waals surface area contributed by atoms with E-state index in [9.17, 15) is 22.4 Å². The van der Waals surface area contributed by atoms with Gasteiger partial charge < -0.3 is 16.0 Å². The number of carbonyl (C=O) groups excluding carboxylic acids is 1. The second-order valence-electron chi connectivity index (χ2n) is 6.35. The number of rotatable bonds is 3. The number of anilines is 3. The van der Waals surface area contributed by atoms with Gasteiger partial charge in [0.05, 0.1) is 16.9 Å². The third-order valence-electron chi connectivity index (χ3n) is 4.44. The average Bonchev–Trinajstić information content (AvgIpc) is 3.14. The normalized spacial score (nSPS) is 11.6. The van der Waals surface area contributed by atoms with Crippen LogP contribution >= 0.6 is 0 Å². The Hall–Kier alpha value is -4.22. The molecule has 4 rings (SSSR count). The van der Waals surface area contributed by atoms with Gasteiger partial charge in [-0.05, 0) is 30.3 Å². The van der Waals surface area contributed by atoms with Gasteiger partial charge in [-0.2, -0.15) is 18.2 Å². The lowest BCUT2D eigenvalue weighted by molar-refractivity contribution is -0.137. The minimum atomic E-state index is -4.73. The van der Waals surface area contributed by atoms with Crippen molar-refractivity contribution in [2.75, 3.05) is 10.6 Å². The van der Waals surface area contributed by atoms with Gasteiger partial charge >= 0.3 is 12.2 Å². The maximum absolute atomic E-state index is 14.3. The van der Waals surface area contributed by atoms with Gasteiger partial charge in [-0.1, -0.05) is 17.3 Å². The molecular formula is C19H12F4N6O2. The number of urea groups is 1. The topological polar surface area (TPSA) is 124 Å². The molecule has 12 heteroatoms. The molecule has 0 saturated heterocycles. The van der Waals surface area contributed by atoms with Gasteiger partial charge in [0.15, 0.2) is 0 Å². The van der Waals surface area contributed by atoms with Gasteiger partial charge in [0, 0.05) is 5.56 Å². The molecule has 31 heavy (non-hydrogen) atoms. The fourth-order valence-electron chi connectivity index (χ4n) is 3.02. The molecule has 0 fully saturated rings. The number of benzene rings is 2. The van der Waals surface area contributed by atoms with Crippen molar-refractivity contribution in [2.24, 2.45) is 5.73 Å². The molecule has 2 aromatic carbocycles. The van der Waals surface area contributed by atoms with Crippen molar-refractivity contribution in [3.8, 4) is 11.3 Å². The Bertz CT molecular complexity index is 1290. The summed E-state index contributed by atoms with van der Waals surface area (Å²) in [6, 6.07) is 6.23. The quantitative estimate of drug-likeness (QED) is 0.467. The predicted molar refractivity (Wildman–Crippen MR) is 103 cm³/mol. The molecule has 158 valence electrons. The second-order valence-corrected chi connectivity index (χ2v) is 6.35. The van der Waals surface area contributed by atoms with Crippen LogP contribution in [0, 0.1) is 5.82 Å². The SMILES string of the molecule is NC(=O)N(c1ccc(-c2noc3ncnc(N)c23)cc1)c1cc(C(F)(F)F)ccc1F. The average molecular weight is 432 g/mol. The molecule has 0 atom stereocenters. The highest BCUT2D eigenvalue weighted by atomic mass is 19.4. The predicted octanol–water partition coefficient (Wildman–Crippen LogP) is 4.24. The van der Waals surface area contributed by atoms with Crippen LogP contribution in [0.5, 0.6) is 0 Å². The Morgan fingerprint density at radius 3 is 2.42 bits per heavy atom. The lowest BCUT2D eigenvalue weighted by Gasteiger charge is -2.22. The Morgan fingerprint density at radius 1 is 1.06 bits per heavy atom. The number of carbonyl (C=O) groups is 1. The summed E-state index contributed by atoms with van der Waals surface area (Å²) < 4.78 is 58.5. The molecule has 2 aromatic heterocycles. The third-order valence-corrected chi connectivity index (χ3v) is 4.44. The lowest BCUT2D eigenvalue weighted by atomic mass is 10.1. The van der Waals surface area contributed by atoms with E-state index >= 15 is 0 Å². The second kappa shape index (κ2) is 7.23. The van der Waals surface area contributed by atoms with Crippen LogP contribution in [0.2, 0.25) is 0 Å². The number of hydrogen-bond acceptors (Lipinski definition) is 6. The standard InChI is InChI=1S/C19H12F4N6O2/c20-12-6-3-10(19(21,22)23)7-13(12)29(18(25)30)11-4-1-9(2-5-11)15-14-16(24)26-8-27-17(14)31-28-15/h1-8H,(H2,25,30)(H2,24,26,27). The molecule has 2 amide bonds. The van der Waals surface area contributed by atoms with Gasteiger partial charge in [0.1, 0.15) is 29.0 Å². The molecule has 0 saturated carbocycles. The summed E-state index contributed by atoms with van der Waals surface area (Å²) in [6.45, 7) is 0. The summed E-state index contributed by atoms with van der Waals surface area (Å²) in [5.41, 5.74) is 10.4. The first kappa shape index (κ1) is 20.1. The number of fused-ring (bicyclic) bond motifs is 1. The summed E-state index contributed by atoms with van der Waals surface area (Å²) >= 11 is 0. The number of hydrogen-bond donors (Lipinski definition) is 2. The molecule has 0 aliphatic heterocycles. The summed E-state index contributed by atoms with van der Waals surface area (Å²) in [4.78, 5) is 20.4. The minimum absolute atomic E-state index is 0.0338. The zero-order valence-corrected chi connectivity index (χ0v) is 15.4. The Morgan fingerprint density at radius 2 is 1.77 bits per heavy atom. The molecule has 0 aliphatic rings. The highest BCUT2D eigenvalue weighted by Crippen LogP contribution is 2.36. The van der Waals surface area contributed by atoms with Crippen molar-refractivity contribution in [3.63, 3.8) is 0 Å². The highest BCUT2D eigenvalue weighted by Gasteiger charge is 2.32. The number of aromatic nitrogens is 3. The van der Waals surface area contributed by atoms with E-state index in [1.165, 1.54) is 30.6 Å². The van der Waals surface area contributed by atoms with E-state index in [-0.39, 0.29) is 17.2 Å². The molecule has 8 nitrogen and oxygen atoms in total. The van der Waals surface area contributed by atoms with E-state index < -0.39 is 29.3 Å². The van der Waals surface area contributed by atoms with Crippen molar-refractivity contribution >= 4 is 34.3 Å². The van der Waals surface area contributed by atoms with Crippen molar-refractivity contribution < 1.29 is 26.9 Å². The summed E-state index contributed by atoms with van der Waals surface area (Å²) in [6.07, 6.45) is -3.52. The van der Waals surface area contributed by atoms with Gasteiger partial charge in [-0.15, -0.1) is 0 Å². The van der Waals surface area contributed by atoms with Gasteiger partial charge in [0.2, 0.25) is 0 Å². The first-order valence-corrected chi connectivity index (χ1v) is 8.59. The van der Waals surface area contributed by atoms with Crippen LogP contribution in [-0.2, 0) is 6.18 Å². The first-order chi connectivity index (χ1) is 14.7. The number of alkyl halides is 3. The first-order valence-electron chi connectivity index (χ1n) is 8.59. The van der Waals surface area contributed by atoms with Crippen LogP contribution in [0.25, 0.3) is 22.4 Å². The molecule has 0 bridgehead atoms. The highest BCUT2D eigenvalue weighted by molar-refractivity contribution is 6.00. The zero-order valence-electron chi connectivity index (χ0n) is 15.4. The smallest absolute Gasteiger partial charge is 0.383 e. The molecule has 0 spiro atoms. The maximum atomic E-state index is 14.3. The third kappa shape index (κ3) is 3.58. The van der Waals surface area contributed by atoms with Crippen LogP contribution < -0.4 is 16.4 Å². The number of primary amides is 1. The zero-order chi connectivity index (χ0) is 22.3. The largest absolute Gasteiger partial charge is 0.416 e. The lowest BCUT2D eigenvalue weighted by Crippen LogP contribution is -2.32. The molecular weight excluding hydrogens is 420 g/mol. The van der Waals surface area contributed by atoms with Crippen LogP contribution in [0.4, 0.5) is 39.5 Å². The van der Waals surface area contributed by atoms with E-state index in [2.05, 4.69) is 15.1 Å². The van der Waals surface area contributed by atoms with Crippen molar-refractivity contribution in [1.29, 1.82) is 0 Å². The minimum Gasteiger partial charge on any atom is -0.383 e. The van der Waals surface area contributed by atoms with Gasteiger partial charge in [-0.25, -0.2) is 14.2 Å². The summed E-state index contributed by atoms with van der Waals surface area (Å²) in [5, 5.41) is 4.27. The van der Waals surface area contributed by atoms with E-state index in [4.69, 9.17) is 16.0 Å². The number of amides is 2. The van der Waals surface area contributed by atoms with Crippen molar-refractivity contribution in [2.45, 2.75) is 6.18 Å². The number of nitrogens with zero attached hydrogens (tertiary/aromatic N) is 4. The Labute approximate surface area is 171 Å². The Kier molecular flexibility index (Phi) is 4.68. The summed E-state index contributed by atoms with van der Waals surface area (Å²) in [7, 11) is 0. The van der Waals surface area contributed by atoms with Crippen molar-refractivity contribution in [1.82, 2.24) is 15.1 Å². The number of nitrogens with two attached hydrogens (primary N) is 2. The molecule has 2 heterocycles. The summed E-state index contributed by atoms with van der Waals surface area (Å²) in [5.74, 6) is -0.918. The molecule has 0 aliphatic carbocycles. The monoisotopic (exact) mass is 432 g/mol. The Balaban J connectivity index is 1.77. The van der Waals surface area contributed by atoms with E-state index in [1.54, 1.807) is 0 Å². The number of halogens is 4. The van der Waals surface area contributed by atoms with E-state index in [0.717, 1.165) is 0 Å². The fraction of sp³-hybridized carbons (Fsp3) is 0.0526. The van der Waals surface area contributed by atoms with E-state index in [0.29, 0.717) is 39.7 Å².